The number of benzene rings is 3. The van der Waals surface area contributed by atoms with Gasteiger partial charge in [0.25, 0.3) is 0 Å². The molecular weight excluding hydrogens is 590 g/mol. The van der Waals surface area contributed by atoms with Gasteiger partial charge in [-0.3, -0.25) is 4.79 Å². The number of rotatable bonds is 6. The van der Waals surface area contributed by atoms with Gasteiger partial charge in [-0.2, -0.15) is 5.26 Å². The van der Waals surface area contributed by atoms with Crippen LogP contribution in [0.4, 0.5) is 18.9 Å². The first-order valence-electron chi connectivity index (χ1n) is 13.0. The lowest BCUT2D eigenvalue weighted by molar-refractivity contribution is -0.118. The van der Waals surface area contributed by atoms with Crippen LogP contribution in [0.3, 0.4) is 0 Å². The molecule has 0 radical (unpaired) electrons. The van der Waals surface area contributed by atoms with Gasteiger partial charge >= 0.3 is 5.97 Å². The number of esters is 1. The van der Waals surface area contributed by atoms with Crippen molar-refractivity contribution in [2.45, 2.75) is 50.6 Å². The van der Waals surface area contributed by atoms with E-state index in [1.807, 2.05) is 20.8 Å². The lowest BCUT2D eigenvalue weighted by Crippen LogP contribution is -2.45. The second-order valence-electron chi connectivity index (χ2n) is 11.4. The van der Waals surface area contributed by atoms with Gasteiger partial charge in [-0.15, -0.1) is 0 Å². The molecule has 1 heterocycles. The number of halogens is 5. The first kappa shape index (κ1) is 31.4. The first-order valence-corrected chi connectivity index (χ1v) is 13.7. The Hall–Kier alpha value is -3.58. The third-order valence-electron chi connectivity index (χ3n) is 7.38. The Morgan fingerprint density at radius 1 is 1.07 bits per heavy atom. The number of hydrogen-bond acceptors (Lipinski definition) is 5. The molecule has 3 aromatic rings. The smallest absolute Gasteiger partial charge is 0.337 e. The van der Waals surface area contributed by atoms with Gasteiger partial charge in [-0.05, 0) is 53.8 Å². The number of nitriles is 1. The number of nitrogens with one attached hydrogen (secondary N) is 2. The minimum atomic E-state index is -1.83. The minimum absolute atomic E-state index is 0.0715. The Morgan fingerprint density at radius 2 is 1.79 bits per heavy atom. The number of carbonyl (C=O) groups excluding carboxylic acids is 2. The maximum Gasteiger partial charge on any atom is 0.337 e. The van der Waals surface area contributed by atoms with Gasteiger partial charge in [0.05, 0.1) is 35.5 Å². The molecule has 4 unspecified atom stereocenters. The maximum absolute atomic E-state index is 15.7. The summed E-state index contributed by atoms with van der Waals surface area (Å²) in [6.07, 6.45) is 0.271. The van der Waals surface area contributed by atoms with Crippen molar-refractivity contribution < 1.29 is 27.5 Å². The highest BCUT2D eigenvalue weighted by Crippen LogP contribution is 2.53. The highest BCUT2D eigenvalue weighted by atomic mass is 35.5. The molecule has 0 spiro atoms. The molecule has 11 heteroatoms. The SMILES string of the molecule is COC(=O)c1ccc(NC(=O)C2NC(CC(C)(C)C)C(C#N)(c3ccc(Cl)cc3F)C2c2cccc(Cl)c2F)c(F)c1. The van der Waals surface area contributed by atoms with Gasteiger partial charge in [0.1, 0.15) is 22.9 Å². The first-order chi connectivity index (χ1) is 19.7. The van der Waals surface area contributed by atoms with Crippen molar-refractivity contribution in [3.8, 4) is 6.07 Å². The summed E-state index contributed by atoms with van der Waals surface area (Å²) in [5, 5.41) is 16.4. The van der Waals surface area contributed by atoms with Crippen LogP contribution in [-0.4, -0.2) is 31.1 Å². The van der Waals surface area contributed by atoms with Gasteiger partial charge in [-0.25, -0.2) is 18.0 Å². The van der Waals surface area contributed by atoms with Crippen molar-refractivity contribution in [3.05, 3.63) is 98.8 Å². The Kier molecular flexibility index (Phi) is 8.93. The zero-order chi connectivity index (χ0) is 31.0. The van der Waals surface area contributed by atoms with Crippen molar-refractivity contribution in [2.24, 2.45) is 5.41 Å². The molecule has 3 aromatic carbocycles. The molecule has 2 N–H and O–H groups in total. The predicted molar refractivity (Wildman–Crippen MR) is 154 cm³/mol. The third kappa shape index (κ3) is 5.84. The summed E-state index contributed by atoms with van der Waals surface area (Å²) < 4.78 is 51.0. The topological polar surface area (TPSA) is 91.2 Å². The van der Waals surface area contributed by atoms with E-state index in [0.29, 0.717) is 0 Å². The van der Waals surface area contributed by atoms with Crippen LogP contribution in [0.15, 0.2) is 54.6 Å². The fourth-order valence-electron chi connectivity index (χ4n) is 5.63. The molecular formula is C31H28Cl2F3N3O3. The lowest BCUT2D eigenvalue weighted by Gasteiger charge is -2.37. The van der Waals surface area contributed by atoms with Crippen molar-refractivity contribution in [1.29, 1.82) is 5.26 Å². The van der Waals surface area contributed by atoms with E-state index in [1.54, 1.807) is 0 Å². The summed E-state index contributed by atoms with van der Waals surface area (Å²) in [7, 11) is 1.15. The minimum Gasteiger partial charge on any atom is -0.465 e. The Balaban J connectivity index is 1.92. The predicted octanol–water partition coefficient (Wildman–Crippen LogP) is 7.16. The molecule has 220 valence electrons. The summed E-state index contributed by atoms with van der Waals surface area (Å²) in [6, 6.07) is 11.4. The fourth-order valence-corrected chi connectivity index (χ4v) is 5.97. The van der Waals surface area contributed by atoms with Crippen LogP contribution >= 0.6 is 23.2 Å². The number of carbonyl (C=O) groups is 2. The molecule has 0 saturated carbocycles. The van der Waals surface area contributed by atoms with Crippen molar-refractivity contribution in [2.75, 3.05) is 12.4 Å². The van der Waals surface area contributed by atoms with Crippen LogP contribution in [0.5, 0.6) is 0 Å². The van der Waals surface area contributed by atoms with Crippen molar-refractivity contribution >= 4 is 40.8 Å². The van der Waals surface area contributed by atoms with E-state index in [9.17, 15) is 19.2 Å². The quantitative estimate of drug-likeness (QED) is 0.286. The number of ether oxygens (including phenoxy) is 1. The molecule has 1 fully saturated rings. The molecule has 42 heavy (non-hydrogen) atoms. The molecule has 0 aromatic heterocycles. The van der Waals surface area contributed by atoms with E-state index in [2.05, 4.69) is 21.4 Å². The normalized spacial score (nSPS) is 22.0. The average molecular weight is 618 g/mol. The van der Waals surface area contributed by atoms with Crippen LogP contribution in [-0.2, 0) is 14.9 Å². The number of anilines is 1. The molecule has 0 bridgehead atoms. The Bertz CT molecular complexity index is 1590. The zero-order valence-corrected chi connectivity index (χ0v) is 24.7. The molecule has 1 saturated heterocycles. The van der Waals surface area contributed by atoms with E-state index in [4.69, 9.17) is 23.2 Å². The van der Waals surface area contributed by atoms with E-state index >= 15 is 8.78 Å². The van der Waals surface area contributed by atoms with E-state index < -0.39 is 58.2 Å². The monoisotopic (exact) mass is 617 g/mol. The molecule has 1 aliphatic heterocycles. The summed E-state index contributed by atoms with van der Waals surface area (Å²) in [5.41, 5.74) is -2.77. The molecule has 1 amide bonds. The summed E-state index contributed by atoms with van der Waals surface area (Å²) in [5.74, 6) is -5.49. The fraction of sp³-hybridized carbons (Fsp3) is 0.323. The van der Waals surface area contributed by atoms with Crippen LogP contribution in [0, 0.1) is 34.2 Å². The second kappa shape index (κ2) is 12.0. The highest BCUT2D eigenvalue weighted by Gasteiger charge is 2.61. The number of amides is 1. The summed E-state index contributed by atoms with van der Waals surface area (Å²) in [6.45, 7) is 5.74. The van der Waals surface area contributed by atoms with Crippen LogP contribution in [0.25, 0.3) is 0 Å². The number of hydrogen-bond donors (Lipinski definition) is 2. The van der Waals surface area contributed by atoms with Gasteiger partial charge in [-0.1, -0.05) is 62.2 Å². The van der Waals surface area contributed by atoms with Crippen LogP contribution < -0.4 is 10.6 Å². The van der Waals surface area contributed by atoms with Gasteiger partial charge in [0.2, 0.25) is 5.91 Å². The average Bonchev–Trinajstić information content (AvgIpc) is 3.23. The molecule has 1 aliphatic rings. The largest absolute Gasteiger partial charge is 0.465 e. The standard InChI is InChI=1S/C31H28Cl2F3N3O3/c1-30(2,3)14-24-31(15-37,19-10-9-17(32)13-21(19)34)25(18-6-5-7-20(33)26(18)36)27(39-24)28(40)38-23-11-8-16(12-22(23)35)29(41)42-4/h5-13,24-25,27,39H,14H2,1-4H3,(H,38,40). The summed E-state index contributed by atoms with van der Waals surface area (Å²) >= 11 is 12.2. The molecule has 6 nitrogen and oxygen atoms in total. The zero-order valence-electron chi connectivity index (χ0n) is 23.2. The molecule has 4 rings (SSSR count). The van der Waals surface area contributed by atoms with Crippen LogP contribution in [0.1, 0.15) is 54.6 Å². The number of nitrogens with zero attached hydrogens (tertiary/aromatic N) is 1. The Morgan fingerprint density at radius 3 is 2.38 bits per heavy atom. The summed E-state index contributed by atoms with van der Waals surface area (Å²) in [4.78, 5) is 25.7. The van der Waals surface area contributed by atoms with Gasteiger partial charge in [0, 0.05) is 22.5 Å². The van der Waals surface area contributed by atoms with E-state index in [0.717, 1.165) is 19.2 Å². The van der Waals surface area contributed by atoms with Gasteiger partial charge < -0.3 is 15.4 Å². The van der Waals surface area contributed by atoms with Gasteiger partial charge in [0.15, 0.2) is 0 Å². The van der Waals surface area contributed by atoms with Crippen LogP contribution in [0.2, 0.25) is 10.0 Å². The van der Waals surface area contributed by atoms with E-state index in [1.165, 1.54) is 42.5 Å². The number of methoxy groups -OCH3 is 1. The van der Waals surface area contributed by atoms with E-state index in [-0.39, 0.29) is 38.8 Å². The van der Waals surface area contributed by atoms with Crippen molar-refractivity contribution in [3.63, 3.8) is 0 Å². The maximum atomic E-state index is 15.7. The third-order valence-corrected chi connectivity index (χ3v) is 7.91. The molecule has 4 atom stereocenters. The Labute approximate surface area is 251 Å². The van der Waals surface area contributed by atoms with Crippen molar-refractivity contribution in [1.82, 2.24) is 5.32 Å². The second-order valence-corrected chi connectivity index (χ2v) is 12.2. The molecule has 0 aliphatic carbocycles. The highest BCUT2D eigenvalue weighted by molar-refractivity contribution is 6.31. The lowest BCUT2D eigenvalue weighted by atomic mass is 9.62.